The number of hydrogen-bond acceptors (Lipinski definition) is 2. The minimum Gasteiger partial charge on any atom is -0.447 e. The van der Waals surface area contributed by atoms with Crippen LogP contribution < -0.4 is 0 Å². The molecule has 0 aromatic heterocycles. The van der Waals surface area contributed by atoms with Gasteiger partial charge in [-0.3, -0.25) is 0 Å². The fraction of sp³-hybridized carbons (Fsp3) is 0.632. The van der Waals surface area contributed by atoms with E-state index in [1.165, 1.54) is 0 Å². The van der Waals surface area contributed by atoms with Gasteiger partial charge in [0.15, 0.2) is 0 Å². The van der Waals surface area contributed by atoms with Crippen molar-refractivity contribution in [2.24, 2.45) is 0 Å². The number of hydrogen-bond donors (Lipinski definition) is 0. The van der Waals surface area contributed by atoms with E-state index in [2.05, 4.69) is 4.74 Å². The highest BCUT2D eigenvalue weighted by Gasteiger charge is 2.35. The number of rotatable bonds is 0. The first kappa shape index (κ1) is 30.8. The molecular formula is C19H31F6NO2. The summed E-state index contributed by atoms with van der Waals surface area (Å²) < 4.78 is 76.6. The molecule has 1 atom stereocenters. The molecule has 1 amide bonds. The zero-order valence-corrected chi connectivity index (χ0v) is 17.6. The lowest BCUT2D eigenvalue weighted by atomic mass is 10.1. The normalized spacial score (nSPS) is 15.3. The van der Waals surface area contributed by atoms with Crippen LogP contribution in [0, 0.1) is 0 Å². The minimum absolute atomic E-state index is 0.0833. The third kappa shape index (κ3) is 11.7. The molecule has 2 rings (SSSR count). The molecule has 1 unspecified atom stereocenters. The Labute approximate surface area is 163 Å². The number of likely N-dealkylation sites (N-methyl/N-ethyl adjacent to an activating group) is 1. The molecule has 0 saturated carbocycles. The maximum Gasteiger partial charge on any atom is 0.416 e. The van der Waals surface area contributed by atoms with Gasteiger partial charge in [-0.2, -0.15) is 26.3 Å². The van der Waals surface area contributed by atoms with Crippen molar-refractivity contribution in [3.8, 4) is 0 Å². The SMILES string of the molecule is CC.CC.CC.CC1COC(=O)N1C.FC(F)(F)c1cccc(C(F)(F)F)c1. The first-order chi connectivity index (χ1) is 12.9. The Hall–Kier alpha value is -1.93. The van der Waals surface area contributed by atoms with Crippen molar-refractivity contribution in [2.45, 2.75) is 66.9 Å². The summed E-state index contributed by atoms with van der Waals surface area (Å²) in [5.41, 5.74) is -2.60. The molecule has 0 N–H and O–H groups in total. The van der Waals surface area contributed by atoms with Crippen LogP contribution >= 0.6 is 0 Å². The van der Waals surface area contributed by atoms with Crippen molar-refractivity contribution in [2.75, 3.05) is 13.7 Å². The van der Waals surface area contributed by atoms with E-state index in [9.17, 15) is 31.1 Å². The maximum absolute atomic E-state index is 12.0. The number of halogens is 6. The van der Waals surface area contributed by atoms with Crippen LogP contribution in [-0.4, -0.2) is 30.7 Å². The van der Waals surface area contributed by atoms with Crippen molar-refractivity contribution in [3.05, 3.63) is 35.4 Å². The van der Waals surface area contributed by atoms with Crippen molar-refractivity contribution in [1.82, 2.24) is 4.90 Å². The van der Waals surface area contributed by atoms with E-state index in [0.717, 1.165) is 6.07 Å². The average molecular weight is 419 g/mol. The van der Waals surface area contributed by atoms with Gasteiger partial charge in [0.25, 0.3) is 0 Å². The Morgan fingerprint density at radius 1 is 0.893 bits per heavy atom. The predicted molar refractivity (Wildman–Crippen MR) is 99.1 cm³/mol. The Bertz CT molecular complexity index is 501. The first-order valence-electron chi connectivity index (χ1n) is 9.07. The molecule has 1 aromatic rings. The Morgan fingerprint density at radius 3 is 1.43 bits per heavy atom. The lowest BCUT2D eigenvalue weighted by Gasteiger charge is -2.10. The van der Waals surface area contributed by atoms with Gasteiger partial charge in [-0.1, -0.05) is 47.6 Å². The molecule has 0 bridgehead atoms. The average Bonchev–Trinajstić information content (AvgIpc) is 2.97. The summed E-state index contributed by atoms with van der Waals surface area (Å²) in [5, 5.41) is 0. The van der Waals surface area contributed by atoms with Crippen molar-refractivity contribution < 1.29 is 35.9 Å². The summed E-state index contributed by atoms with van der Waals surface area (Å²) in [6, 6.07) is 2.25. The predicted octanol–water partition coefficient (Wildman–Crippen LogP) is 7.26. The van der Waals surface area contributed by atoms with Crippen LogP contribution in [0.4, 0.5) is 31.1 Å². The lowest BCUT2D eigenvalue weighted by Crippen LogP contribution is -2.25. The van der Waals surface area contributed by atoms with Crippen molar-refractivity contribution in [3.63, 3.8) is 0 Å². The van der Waals surface area contributed by atoms with E-state index < -0.39 is 23.5 Å². The number of cyclic esters (lactones) is 1. The summed E-state index contributed by atoms with van der Waals surface area (Å²) in [5.74, 6) is 0. The van der Waals surface area contributed by atoms with Crippen LogP contribution in [0.1, 0.15) is 59.6 Å². The van der Waals surface area contributed by atoms with Crippen LogP contribution in [0.15, 0.2) is 24.3 Å². The molecule has 28 heavy (non-hydrogen) atoms. The third-order valence-electron chi connectivity index (χ3n) is 2.91. The second-order valence-electron chi connectivity index (χ2n) is 4.61. The topological polar surface area (TPSA) is 29.5 Å². The minimum atomic E-state index is -4.75. The van der Waals surface area contributed by atoms with E-state index in [-0.39, 0.29) is 18.2 Å². The van der Waals surface area contributed by atoms with E-state index in [0.29, 0.717) is 18.7 Å². The Kier molecular flexibility index (Phi) is 16.5. The van der Waals surface area contributed by atoms with Crippen molar-refractivity contribution in [1.29, 1.82) is 0 Å². The summed E-state index contributed by atoms with van der Waals surface area (Å²) >= 11 is 0. The molecule has 9 heteroatoms. The van der Waals surface area contributed by atoms with E-state index in [1.54, 1.807) is 11.9 Å². The van der Waals surface area contributed by atoms with Crippen LogP contribution in [0.3, 0.4) is 0 Å². The van der Waals surface area contributed by atoms with Gasteiger partial charge in [0.2, 0.25) is 0 Å². The quantitative estimate of drug-likeness (QED) is 0.414. The van der Waals surface area contributed by atoms with Gasteiger partial charge < -0.3 is 9.64 Å². The lowest BCUT2D eigenvalue weighted by molar-refractivity contribution is -0.143. The number of carbonyl (C=O) groups excluding carboxylic acids is 1. The van der Waals surface area contributed by atoms with E-state index in [4.69, 9.17) is 0 Å². The smallest absolute Gasteiger partial charge is 0.416 e. The van der Waals surface area contributed by atoms with Gasteiger partial charge in [-0.05, 0) is 25.1 Å². The number of carbonyl (C=O) groups is 1. The Balaban J connectivity index is -0.000000379. The zero-order valence-electron chi connectivity index (χ0n) is 17.6. The highest BCUT2D eigenvalue weighted by Crippen LogP contribution is 2.34. The number of nitrogens with zero attached hydrogens (tertiary/aromatic N) is 1. The van der Waals surface area contributed by atoms with Gasteiger partial charge in [-0.15, -0.1) is 0 Å². The summed E-state index contributed by atoms with van der Waals surface area (Å²) in [4.78, 5) is 12.1. The molecular weight excluding hydrogens is 388 g/mol. The summed E-state index contributed by atoms with van der Waals surface area (Å²) in [6.45, 7) is 14.5. The Morgan fingerprint density at radius 2 is 1.25 bits per heavy atom. The second kappa shape index (κ2) is 15.0. The number of benzene rings is 1. The molecule has 3 nitrogen and oxygen atoms in total. The zero-order chi connectivity index (χ0) is 23.1. The van der Waals surface area contributed by atoms with Gasteiger partial charge in [0, 0.05) is 7.05 Å². The number of amides is 1. The van der Waals surface area contributed by atoms with Gasteiger partial charge in [-0.25, -0.2) is 4.79 Å². The fourth-order valence-corrected chi connectivity index (χ4v) is 1.46. The van der Waals surface area contributed by atoms with E-state index >= 15 is 0 Å². The van der Waals surface area contributed by atoms with Crippen LogP contribution in [0.5, 0.6) is 0 Å². The monoisotopic (exact) mass is 419 g/mol. The van der Waals surface area contributed by atoms with Crippen LogP contribution in [0.25, 0.3) is 0 Å². The molecule has 1 heterocycles. The molecule has 0 radical (unpaired) electrons. The van der Waals surface area contributed by atoms with Gasteiger partial charge >= 0.3 is 18.4 Å². The van der Waals surface area contributed by atoms with E-state index in [1.807, 2.05) is 48.5 Å². The molecule has 1 fully saturated rings. The van der Waals surface area contributed by atoms with Crippen LogP contribution in [0.2, 0.25) is 0 Å². The molecule has 1 saturated heterocycles. The molecule has 0 aliphatic carbocycles. The highest BCUT2D eigenvalue weighted by molar-refractivity contribution is 5.69. The molecule has 1 aliphatic heterocycles. The number of ether oxygens (including phenoxy) is 1. The van der Waals surface area contributed by atoms with Gasteiger partial charge in [0.1, 0.15) is 6.61 Å². The molecule has 1 aromatic carbocycles. The fourth-order valence-electron chi connectivity index (χ4n) is 1.46. The van der Waals surface area contributed by atoms with Gasteiger partial charge in [0.05, 0.1) is 17.2 Å². The van der Waals surface area contributed by atoms with Crippen LogP contribution in [-0.2, 0) is 17.1 Å². The third-order valence-corrected chi connectivity index (χ3v) is 2.91. The summed E-state index contributed by atoms with van der Waals surface area (Å²) in [6.07, 6.45) is -9.71. The largest absolute Gasteiger partial charge is 0.447 e. The molecule has 0 spiro atoms. The standard InChI is InChI=1S/C8H4F6.C5H9NO2.3C2H6/c9-7(10,11)5-2-1-3-6(4-5)8(12,13)14;1-4-3-8-5(7)6(4)2;3*1-2/h1-4H;4H,3H2,1-2H3;3*1-2H3. The second-order valence-corrected chi connectivity index (χ2v) is 4.61. The molecule has 166 valence electrons. The summed E-state index contributed by atoms with van der Waals surface area (Å²) in [7, 11) is 1.74. The first-order valence-corrected chi connectivity index (χ1v) is 9.07. The highest BCUT2D eigenvalue weighted by atomic mass is 19.4. The molecule has 1 aliphatic rings. The maximum atomic E-state index is 12.0. The number of alkyl halides is 6. The van der Waals surface area contributed by atoms with Crippen molar-refractivity contribution >= 4 is 6.09 Å².